The largest absolute Gasteiger partial charge is 0.507 e. The molecule has 0 amide bonds. The van der Waals surface area contributed by atoms with Crippen LogP contribution in [-0.2, 0) is 0 Å². The molecule has 1 radical (unpaired) electrons. The Balaban J connectivity index is 2.61. The van der Waals surface area contributed by atoms with Crippen LogP contribution < -0.4 is 9.64 Å². The summed E-state index contributed by atoms with van der Waals surface area (Å²) in [7, 11) is 5.56. The molecule has 0 aliphatic heterocycles. The average molecular weight is 256 g/mol. The lowest BCUT2D eigenvalue weighted by molar-refractivity contribution is 0.412. The summed E-state index contributed by atoms with van der Waals surface area (Å²) in [6.07, 6.45) is 0. The topological polar surface area (TPSA) is 32.7 Å². The highest BCUT2D eigenvalue weighted by molar-refractivity contribution is 5.83. The molecule has 3 heteroatoms. The third kappa shape index (κ3) is 2.50. The normalized spacial score (nSPS) is 10.3. The highest BCUT2D eigenvalue weighted by atomic mass is 16.5. The number of benzene rings is 2. The zero-order valence-electron chi connectivity index (χ0n) is 11.7. The Morgan fingerprint density at radius 1 is 1.21 bits per heavy atom. The molecule has 0 spiro atoms. The van der Waals surface area contributed by atoms with Gasteiger partial charge in [0.05, 0.1) is 7.11 Å². The van der Waals surface area contributed by atoms with Crippen LogP contribution in [0.1, 0.15) is 5.56 Å². The van der Waals surface area contributed by atoms with Gasteiger partial charge in [0, 0.05) is 31.4 Å². The number of hydrogen-bond acceptors (Lipinski definition) is 3. The molecule has 0 aromatic heterocycles. The Hall–Kier alpha value is -2.16. The molecule has 0 heterocycles. The van der Waals surface area contributed by atoms with E-state index in [-0.39, 0.29) is 5.75 Å². The second-order valence-corrected chi connectivity index (χ2v) is 4.67. The number of ether oxygens (including phenoxy) is 1. The van der Waals surface area contributed by atoms with Gasteiger partial charge in [0.1, 0.15) is 11.5 Å². The van der Waals surface area contributed by atoms with Crippen molar-refractivity contribution >= 4 is 5.69 Å². The first-order chi connectivity index (χ1) is 9.04. The quantitative estimate of drug-likeness (QED) is 0.915. The maximum absolute atomic E-state index is 10.1. The van der Waals surface area contributed by atoms with E-state index in [0.717, 1.165) is 28.1 Å². The number of phenolic OH excluding ortho intramolecular Hbond substituents is 1. The van der Waals surface area contributed by atoms with Crippen molar-refractivity contribution in [2.45, 2.75) is 6.92 Å². The van der Waals surface area contributed by atoms with Crippen molar-refractivity contribution in [1.82, 2.24) is 0 Å². The summed E-state index contributed by atoms with van der Waals surface area (Å²) in [6, 6.07) is 12.4. The second-order valence-electron chi connectivity index (χ2n) is 4.67. The minimum Gasteiger partial charge on any atom is -0.507 e. The van der Waals surface area contributed by atoms with Crippen LogP contribution in [0.4, 0.5) is 5.69 Å². The molecular weight excluding hydrogens is 238 g/mol. The number of nitrogens with zero attached hydrogens (tertiary/aromatic N) is 1. The van der Waals surface area contributed by atoms with Crippen LogP contribution in [0, 0.1) is 13.0 Å². The molecule has 0 fully saturated rings. The molecule has 0 bridgehead atoms. The van der Waals surface area contributed by atoms with Crippen LogP contribution in [0.2, 0.25) is 0 Å². The maximum atomic E-state index is 10.1. The van der Waals surface area contributed by atoms with Gasteiger partial charge in [-0.15, -0.1) is 0 Å². The molecule has 99 valence electrons. The summed E-state index contributed by atoms with van der Waals surface area (Å²) in [5.41, 5.74) is 3.74. The molecule has 0 saturated heterocycles. The van der Waals surface area contributed by atoms with Crippen molar-refractivity contribution in [3.63, 3.8) is 0 Å². The number of anilines is 1. The zero-order chi connectivity index (χ0) is 14.0. The summed E-state index contributed by atoms with van der Waals surface area (Å²) in [5.74, 6) is 1.00. The van der Waals surface area contributed by atoms with Crippen molar-refractivity contribution in [3.05, 3.63) is 42.0 Å². The van der Waals surface area contributed by atoms with Crippen LogP contribution in [0.3, 0.4) is 0 Å². The molecule has 1 N–H and O–H groups in total. The highest BCUT2D eigenvalue weighted by Gasteiger charge is 2.13. The molecule has 0 unspecified atom stereocenters. The van der Waals surface area contributed by atoms with E-state index in [9.17, 15) is 5.11 Å². The fourth-order valence-corrected chi connectivity index (χ4v) is 2.17. The summed E-state index contributed by atoms with van der Waals surface area (Å²) < 4.78 is 5.26. The zero-order valence-corrected chi connectivity index (χ0v) is 11.7. The maximum Gasteiger partial charge on any atom is 0.133 e. The van der Waals surface area contributed by atoms with Gasteiger partial charge < -0.3 is 14.7 Å². The lowest BCUT2D eigenvalue weighted by Crippen LogP contribution is -2.10. The van der Waals surface area contributed by atoms with Gasteiger partial charge in [0.25, 0.3) is 0 Å². The standard InChI is InChI=1S/C16H18NO2/c1-11-10-12(8-9-15(11)19-4)16-13(17(2)3)6-5-7-14(16)18/h5-6,8-10,18H,1-4H3. The van der Waals surface area contributed by atoms with Gasteiger partial charge >= 0.3 is 0 Å². The summed E-state index contributed by atoms with van der Waals surface area (Å²) in [6.45, 7) is 1.99. The van der Waals surface area contributed by atoms with Crippen LogP contribution in [0.15, 0.2) is 30.3 Å². The number of rotatable bonds is 3. The predicted molar refractivity (Wildman–Crippen MR) is 78.0 cm³/mol. The molecule has 0 saturated carbocycles. The average Bonchev–Trinajstić information content (AvgIpc) is 2.38. The molecular formula is C16H18NO2. The summed E-state index contributed by atoms with van der Waals surface area (Å²) in [4.78, 5) is 1.97. The van der Waals surface area contributed by atoms with E-state index in [2.05, 4.69) is 6.07 Å². The Kier molecular flexibility index (Phi) is 3.65. The molecule has 0 atom stereocenters. The van der Waals surface area contributed by atoms with Crippen molar-refractivity contribution in [2.24, 2.45) is 0 Å². The van der Waals surface area contributed by atoms with Gasteiger partial charge in [0.2, 0.25) is 0 Å². The lowest BCUT2D eigenvalue weighted by atomic mass is 9.99. The minimum absolute atomic E-state index is 0.163. The number of aromatic hydroxyl groups is 1. The van der Waals surface area contributed by atoms with Crippen LogP contribution >= 0.6 is 0 Å². The fraction of sp³-hybridized carbons (Fsp3) is 0.250. The van der Waals surface area contributed by atoms with E-state index in [1.54, 1.807) is 13.2 Å². The second kappa shape index (κ2) is 5.22. The van der Waals surface area contributed by atoms with E-state index in [0.29, 0.717) is 0 Å². The molecule has 2 aromatic rings. The van der Waals surface area contributed by atoms with E-state index < -0.39 is 0 Å². The third-order valence-electron chi connectivity index (χ3n) is 3.12. The van der Waals surface area contributed by atoms with E-state index in [1.807, 2.05) is 50.2 Å². The molecule has 19 heavy (non-hydrogen) atoms. The van der Waals surface area contributed by atoms with Crippen LogP contribution in [0.5, 0.6) is 11.5 Å². The molecule has 2 aromatic carbocycles. The predicted octanol–water partition coefficient (Wildman–Crippen LogP) is 3.24. The Labute approximate surface area is 114 Å². The number of aryl methyl sites for hydroxylation is 1. The smallest absolute Gasteiger partial charge is 0.133 e. The fourth-order valence-electron chi connectivity index (χ4n) is 2.17. The first kappa shape index (κ1) is 13.3. The van der Waals surface area contributed by atoms with Gasteiger partial charge in [-0.25, -0.2) is 0 Å². The SMILES string of the molecule is COc1ccc(-c2c(O)[c]ccc2N(C)C)cc1C. The van der Waals surface area contributed by atoms with Crippen molar-refractivity contribution in [1.29, 1.82) is 0 Å². The van der Waals surface area contributed by atoms with E-state index in [1.165, 1.54) is 0 Å². The van der Waals surface area contributed by atoms with Gasteiger partial charge in [-0.05, 0) is 42.3 Å². The first-order valence-corrected chi connectivity index (χ1v) is 6.10. The lowest BCUT2D eigenvalue weighted by Gasteiger charge is -2.19. The Morgan fingerprint density at radius 3 is 2.53 bits per heavy atom. The molecule has 0 aliphatic rings. The van der Waals surface area contributed by atoms with Crippen molar-refractivity contribution in [3.8, 4) is 22.6 Å². The monoisotopic (exact) mass is 256 g/mol. The van der Waals surface area contributed by atoms with Crippen LogP contribution in [0.25, 0.3) is 11.1 Å². The van der Waals surface area contributed by atoms with E-state index >= 15 is 0 Å². The van der Waals surface area contributed by atoms with Crippen LogP contribution in [-0.4, -0.2) is 26.3 Å². The van der Waals surface area contributed by atoms with Crippen molar-refractivity contribution in [2.75, 3.05) is 26.1 Å². The Morgan fingerprint density at radius 2 is 1.95 bits per heavy atom. The van der Waals surface area contributed by atoms with Gasteiger partial charge in [-0.3, -0.25) is 0 Å². The molecule has 2 rings (SSSR count). The number of methoxy groups -OCH3 is 1. The Bertz CT molecular complexity index is 591. The first-order valence-electron chi connectivity index (χ1n) is 6.10. The third-order valence-corrected chi connectivity index (χ3v) is 3.12. The number of phenols is 1. The van der Waals surface area contributed by atoms with Gasteiger partial charge in [0.15, 0.2) is 0 Å². The molecule has 0 aliphatic carbocycles. The number of hydrogen-bond donors (Lipinski definition) is 1. The minimum atomic E-state index is 0.163. The summed E-state index contributed by atoms with van der Waals surface area (Å²) in [5, 5.41) is 10.1. The molecule has 3 nitrogen and oxygen atoms in total. The highest BCUT2D eigenvalue weighted by Crippen LogP contribution is 2.38. The van der Waals surface area contributed by atoms with Gasteiger partial charge in [-0.1, -0.05) is 6.07 Å². The summed E-state index contributed by atoms with van der Waals surface area (Å²) >= 11 is 0. The van der Waals surface area contributed by atoms with E-state index in [4.69, 9.17) is 4.74 Å². The van der Waals surface area contributed by atoms with Crippen molar-refractivity contribution < 1.29 is 9.84 Å². The van der Waals surface area contributed by atoms with Gasteiger partial charge in [-0.2, -0.15) is 0 Å².